The minimum Gasteiger partial charge on any atom is -0.467 e. The van der Waals surface area contributed by atoms with Crippen molar-refractivity contribution in [1.29, 1.82) is 0 Å². The van der Waals surface area contributed by atoms with Gasteiger partial charge in [0.2, 0.25) is 5.91 Å². The molecule has 15 heavy (non-hydrogen) atoms. The van der Waals surface area contributed by atoms with Crippen molar-refractivity contribution < 1.29 is 14.3 Å². The summed E-state index contributed by atoms with van der Waals surface area (Å²) in [5.41, 5.74) is 0. The first-order valence-corrected chi connectivity index (χ1v) is 5.18. The summed E-state index contributed by atoms with van der Waals surface area (Å²) < 4.78 is 4.59. The van der Waals surface area contributed by atoms with Gasteiger partial charge in [-0.05, 0) is 26.2 Å². The molecule has 0 aliphatic carbocycles. The SMILES string of the molecule is C/C=C/CC[C@H]1C[C@@H](C(=O)OC)NC1=O. The third kappa shape index (κ3) is 3.08. The van der Waals surface area contributed by atoms with Gasteiger partial charge in [-0.2, -0.15) is 0 Å². The molecule has 1 aliphatic rings. The van der Waals surface area contributed by atoms with Gasteiger partial charge in [-0.25, -0.2) is 4.79 Å². The number of rotatable bonds is 4. The Hall–Kier alpha value is -1.32. The summed E-state index contributed by atoms with van der Waals surface area (Å²) in [5.74, 6) is -0.433. The second-order valence-electron chi connectivity index (χ2n) is 3.66. The highest BCUT2D eigenvalue weighted by molar-refractivity contribution is 5.89. The van der Waals surface area contributed by atoms with Crippen molar-refractivity contribution in [3.63, 3.8) is 0 Å². The quantitative estimate of drug-likeness (QED) is 0.558. The topological polar surface area (TPSA) is 55.4 Å². The minimum atomic E-state index is -0.446. The lowest BCUT2D eigenvalue weighted by Crippen LogP contribution is -2.34. The van der Waals surface area contributed by atoms with Gasteiger partial charge in [0.1, 0.15) is 6.04 Å². The first kappa shape index (κ1) is 11.8. The highest BCUT2D eigenvalue weighted by Crippen LogP contribution is 2.21. The number of nitrogens with one attached hydrogen (secondary N) is 1. The summed E-state index contributed by atoms with van der Waals surface area (Å²) in [6.45, 7) is 1.95. The van der Waals surface area contributed by atoms with Crippen LogP contribution in [0.5, 0.6) is 0 Å². The van der Waals surface area contributed by atoms with E-state index >= 15 is 0 Å². The van der Waals surface area contributed by atoms with E-state index < -0.39 is 6.04 Å². The van der Waals surface area contributed by atoms with E-state index in [1.165, 1.54) is 7.11 Å². The molecule has 0 radical (unpaired) electrons. The molecule has 1 saturated heterocycles. The molecule has 4 heteroatoms. The first-order chi connectivity index (χ1) is 7.19. The van der Waals surface area contributed by atoms with E-state index in [0.717, 1.165) is 12.8 Å². The fourth-order valence-corrected chi connectivity index (χ4v) is 1.75. The van der Waals surface area contributed by atoms with Crippen molar-refractivity contribution in [2.45, 2.75) is 32.2 Å². The van der Waals surface area contributed by atoms with Gasteiger partial charge in [0, 0.05) is 5.92 Å². The standard InChI is InChI=1S/C11H17NO3/c1-3-4-5-6-8-7-9(11(14)15-2)12-10(8)13/h3-4,8-9H,5-7H2,1-2H3,(H,12,13)/b4-3+/t8-,9-/m0/s1. The lowest BCUT2D eigenvalue weighted by Gasteiger charge is -2.05. The second-order valence-corrected chi connectivity index (χ2v) is 3.66. The Bertz CT molecular complexity index is 273. The molecule has 0 saturated carbocycles. The van der Waals surface area contributed by atoms with Gasteiger partial charge in [0.15, 0.2) is 0 Å². The van der Waals surface area contributed by atoms with Gasteiger partial charge in [-0.1, -0.05) is 12.2 Å². The van der Waals surface area contributed by atoms with Crippen LogP contribution in [0.15, 0.2) is 12.2 Å². The van der Waals surface area contributed by atoms with E-state index in [9.17, 15) is 9.59 Å². The Kier molecular flexibility index (Phi) is 4.34. The van der Waals surface area contributed by atoms with Gasteiger partial charge in [-0.15, -0.1) is 0 Å². The smallest absolute Gasteiger partial charge is 0.328 e. The molecule has 84 valence electrons. The van der Waals surface area contributed by atoms with Crippen molar-refractivity contribution in [1.82, 2.24) is 5.32 Å². The second kappa shape index (κ2) is 5.53. The lowest BCUT2D eigenvalue weighted by molar-refractivity contribution is -0.143. The summed E-state index contributed by atoms with van der Waals surface area (Å²) >= 11 is 0. The number of carbonyl (C=O) groups excluding carboxylic acids is 2. The third-order valence-corrected chi connectivity index (χ3v) is 2.61. The number of methoxy groups -OCH3 is 1. The fourth-order valence-electron chi connectivity index (χ4n) is 1.75. The fraction of sp³-hybridized carbons (Fsp3) is 0.636. The molecule has 1 aliphatic heterocycles. The number of esters is 1. The zero-order valence-electron chi connectivity index (χ0n) is 9.16. The van der Waals surface area contributed by atoms with Crippen LogP contribution in [0, 0.1) is 5.92 Å². The van der Waals surface area contributed by atoms with Crippen LogP contribution in [0.2, 0.25) is 0 Å². The van der Waals surface area contributed by atoms with Crippen LogP contribution in [0.4, 0.5) is 0 Å². The van der Waals surface area contributed by atoms with Crippen LogP contribution in [0.25, 0.3) is 0 Å². The number of ether oxygens (including phenoxy) is 1. The summed E-state index contributed by atoms with van der Waals surface area (Å²) in [4.78, 5) is 22.6. The first-order valence-electron chi connectivity index (χ1n) is 5.18. The van der Waals surface area contributed by atoms with Gasteiger partial charge in [0.05, 0.1) is 7.11 Å². The van der Waals surface area contributed by atoms with Gasteiger partial charge in [0.25, 0.3) is 0 Å². The van der Waals surface area contributed by atoms with E-state index in [2.05, 4.69) is 10.1 Å². The average molecular weight is 211 g/mol. The molecule has 4 nitrogen and oxygen atoms in total. The average Bonchev–Trinajstić information content (AvgIpc) is 2.60. The maximum atomic E-state index is 11.5. The lowest BCUT2D eigenvalue weighted by atomic mass is 9.99. The monoisotopic (exact) mass is 211 g/mol. The minimum absolute atomic E-state index is 0.0325. The maximum absolute atomic E-state index is 11.5. The van der Waals surface area contributed by atoms with Gasteiger partial charge in [-0.3, -0.25) is 4.79 Å². The van der Waals surface area contributed by atoms with Crippen molar-refractivity contribution in [2.24, 2.45) is 5.92 Å². The van der Waals surface area contributed by atoms with Crippen LogP contribution < -0.4 is 5.32 Å². The Morgan fingerprint density at radius 2 is 2.40 bits per heavy atom. The van der Waals surface area contributed by atoms with E-state index in [-0.39, 0.29) is 17.8 Å². The molecule has 0 bridgehead atoms. The van der Waals surface area contributed by atoms with E-state index in [4.69, 9.17) is 0 Å². The molecule has 0 aromatic carbocycles. The van der Waals surface area contributed by atoms with Crippen LogP contribution in [-0.4, -0.2) is 25.0 Å². The number of allylic oxidation sites excluding steroid dienone is 2. The molecule has 1 fully saturated rings. The largest absolute Gasteiger partial charge is 0.467 e. The van der Waals surface area contributed by atoms with Crippen molar-refractivity contribution >= 4 is 11.9 Å². The highest BCUT2D eigenvalue weighted by atomic mass is 16.5. The van der Waals surface area contributed by atoms with Crippen LogP contribution in [0.1, 0.15) is 26.2 Å². The molecule has 1 N–H and O–H groups in total. The third-order valence-electron chi connectivity index (χ3n) is 2.61. The van der Waals surface area contributed by atoms with Gasteiger partial charge < -0.3 is 10.1 Å². The Balaban J connectivity index is 2.42. The predicted octanol–water partition coefficient (Wildman–Crippen LogP) is 1.02. The highest BCUT2D eigenvalue weighted by Gasteiger charge is 2.35. The predicted molar refractivity (Wildman–Crippen MR) is 56.1 cm³/mol. The molecule has 0 spiro atoms. The number of hydrogen-bond donors (Lipinski definition) is 1. The number of carbonyl (C=O) groups is 2. The molecule has 1 rings (SSSR count). The Morgan fingerprint density at radius 1 is 1.67 bits per heavy atom. The molecule has 0 unspecified atom stereocenters. The molecular formula is C11H17NO3. The van der Waals surface area contributed by atoms with Crippen LogP contribution in [-0.2, 0) is 14.3 Å². The molecule has 0 aromatic rings. The maximum Gasteiger partial charge on any atom is 0.328 e. The number of hydrogen-bond acceptors (Lipinski definition) is 3. The summed E-state index contributed by atoms with van der Waals surface area (Å²) in [5, 5.41) is 2.64. The summed E-state index contributed by atoms with van der Waals surface area (Å²) in [6, 6.07) is -0.446. The molecule has 1 heterocycles. The molecule has 2 atom stereocenters. The summed E-state index contributed by atoms with van der Waals surface area (Å²) in [6.07, 6.45) is 6.22. The Labute approximate surface area is 89.7 Å². The van der Waals surface area contributed by atoms with E-state index in [1.807, 2.05) is 19.1 Å². The summed E-state index contributed by atoms with van der Waals surface area (Å²) in [7, 11) is 1.33. The zero-order valence-corrected chi connectivity index (χ0v) is 9.16. The molecular weight excluding hydrogens is 194 g/mol. The van der Waals surface area contributed by atoms with Gasteiger partial charge >= 0.3 is 5.97 Å². The van der Waals surface area contributed by atoms with Crippen LogP contribution >= 0.6 is 0 Å². The number of amides is 1. The van der Waals surface area contributed by atoms with Crippen molar-refractivity contribution in [3.8, 4) is 0 Å². The van der Waals surface area contributed by atoms with Crippen molar-refractivity contribution in [3.05, 3.63) is 12.2 Å². The van der Waals surface area contributed by atoms with Crippen LogP contribution in [0.3, 0.4) is 0 Å². The molecule has 1 amide bonds. The normalized spacial score (nSPS) is 25.6. The Morgan fingerprint density at radius 3 is 3.00 bits per heavy atom. The van der Waals surface area contributed by atoms with E-state index in [1.54, 1.807) is 0 Å². The molecule has 0 aromatic heterocycles. The van der Waals surface area contributed by atoms with Crippen molar-refractivity contribution in [2.75, 3.05) is 7.11 Å². The van der Waals surface area contributed by atoms with E-state index in [0.29, 0.717) is 6.42 Å². The zero-order chi connectivity index (χ0) is 11.3.